The van der Waals surface area contributed by atoms with Crippen LogP contribution in [0.3, 0.4) is 0 Å². The fraction of sp³-hybridized carbons (Fsp3) is 0.909. The summed E-state index contributed by atoms with van der Waals surface area (Å²) in [4.78, 5) is 12.9. The second kappa shape index (κ2) is 6.08. The van der Waals surface area contributed by atoms with Gasteiger partial charge in [0.25, 0.3) is 0 Å². The fourth-order valence-corrected chi connectivity index (χ4v) is 2.06. The van der Waals surface area contributed by atoms with Crippen molar-refractivity contribution in [1.29, 1.82) is 0 Å². The van der Waals surface area contributed by atoms with E-state index in [4.69, 9.17) is 10.8 Å². The van der Waals surface area contributed by atoms with Gasteiger partial charge in [0.15, 0.2) is 0 Å². The number of carboxylic acid groups (broad SMARTS) is 1. The van der Waals surface area contributed by atoms with E-state index in [0.717, 1.165) is 25.6 Å². The maximum Gasteiger partial charge on any atom is 0.320 e. The summed E-state index contributed by atoms with van der Waals surface area (Å²) in [6.45, 7) is 5.26. The number of carboxylic acids is 1. The monoisotopic (exact) mass is 214 g/mol. The van der Waals surface area contributed by atoms with Gasteiger partial charge in [-0.15, -0.1) is 0 Å². The standard InChI is InChI=1S/C11H22N2O2/c1-2-9-3-6-13(7-4-9)8-5-10(12)11(14)15/h9-10H,2-8,12H2,1H3,(H,14,15). The molecule has 1 aliphatic rings. The third kappa shape index (κ3) is 4.18. The van der Waals surface area contributed by atoms with Crippen molar-refractivity contribution in [2.45, 2.75) is 38.6 Å². The molecule has 0 aromatic carbocycles. The van der Waals surface area contributed by atoms with Gasteiger partial charge < -0.3 is 15.7 Å². The third-order valence-corrected chi connectivity index (χ3v) is 3.36. The Hall–Kier alpha value is -0.610. The van der Waals surface area contributed by atoms with Crippen LogP contribution in [0.5, 0.6) is 0 Å². The number of nitrogens with zero attached hydrogens (tertiary/aromatic N) is 1. The largest absolute Gasteiger partial charge is 0.480 e. The predicted octanol–water partition coefficient (Wildman–Crippen LogP) is 0.910. The average molecular weight is 214 g/mol. The highest BCUT2D eigenvalue weighted by atomic mass is 16.4. The molecule has 4 heteroatoms. The predicted molar refractivity (Wildman–Crippen MR) is 59.7 cm³/mol. The van der Waals surface area contributed by atoms with Crippen molar-refractivity contribution in [3.05, 3.63) is 0 Å². The number of hydrogen-bond acceptors (Lipinski definition) is 3. The van der Waals surface area contributed by atoms with Crippen LogP contribution in [-0.4, -0.2) is 41.7 Å². The highest BCUT2D eigenvalue weighted by molar-refractivity contribution is 5.72. The van der Waals surface area contributed by atoms with E-state index in [0.29, 0.717) is 6.42 Å². The summed E-state index contributed by atoms with van der Waals surface area (Å²) < 4.78 is 0. The summed E-state index contributed by atoms with van der Waals surface area (Å²) in [6.07, 6.45) is 4.33. The Morgan fingerprint density at radius 1 is 1.53 bits per heavy atom. The van der Waals surface area contributed by atoms with Crippen molar-refractivity contribution in [3.63, 3.8) is 0 Å². The molecule has 0 amide bonds. The quantitative estimate of drug-likeness (QED) is 0.714. The van der Waals surface area contributed by atoms with Crippen LogP contribution >= 0.6 is 0 Å². The van der Waals surface area contributed by atoms with Crippen LogP contribution in [0.25, 0.3) is 0 Å². The van der Waals surface area contributed by atoms with Crippen molar-refractivity contribution in [2.75, 3.05) is 19.6 Å². The SMILES string of the molecule is CCC1CCN(CCC(N)C(=O)O)CC1. The van der Waals surface area contributed by atoms with Crippen molar-refractivity contribution in [2.24, 2.45) is 11.7 Å². The molecule has 3 N–H and O–H groups in total. The van der Waals surface area contributed by atoms with Crippen molar-refractivity contribution in [1.82, 2.24) is 4.90 Å². The number of nitrogens with two attached hydrogens (primary N) is 1. The summed E-state index contributed by atoms with van der Waals surface area (Å²) >= 11 is 0. The first-order valence-corrected chi connectivity index (χ1v) is 5.84. The molecule has 1 heterocycles. The molecule has 1 atom stereocenters. The molecule has 0 aliphatic carbocycles. The molecule has 1 saturated heterocycles. The molecule has 0 radical (unpaired) electrons. The number of piperidine rings is 1. The highest BCUT2D eigenvalue weighted by Gasteiger charge is 2.19. The number of carbonyl (C=O) groups is 1. The molecule has 88 valence electrons. The van der Waals surface area contributed by atoms with Gasteiger partial charge in [-0.1, -0.05) is 13.3 Å². The normalized spacial score (nSPS) is 21.5. The minimum Gasteiger partial charge on any atom is -0.480 e. The maximum atomic E-state index is 10.5. The lowest BCUT2D eigenvalue weighted by Gasteiger charge is -2.31. The van der Waals surface area contributed by atoms with Gasteiger partial charge in [0.1, 0.15) is 6.04 Å². The molecule has 15 heavy (non-hydrogen) atoms. The number of likely N-dealkylation sites (tertiary alicyclic amines) is 1. The van der Waals surface area contributed by atoms with Gasteiger partial charge >= 0.3 is 5.97 Å². The Kier molecular flexibility index (Phi) is 5.05. The zero-order valence-corrected chi connectivity index (χ0v) is 9.48. The molecule has 1 aliphatic heterocycles. The van der Waals surface area contributed by atoms with E-state index in [2.05, 4.69) is 11.8 Å². The third-order valence-electron chi connectivity index (χ3n) is 3.36. The van der Waals surface area contributed by atoms with Gasteiger partial charge in [-0.05, 0) is 38.3 Å². The maximum absolute atomic E-state index is 10.5. The van der Waals surface area contributed by atoms with Gasteiger partial charge in [-0.2, -0.15) is 0 Å². The Morgan fingerprint density at radius 2 is 2.13 bits per heavy atom. The van der Waals surface area contributed by atoms with Crippen LogP contribution in [-0.2, 0) is 4.79 Å². The van der Waals surface area contributed by atoms with Crippen molar-refractivity contribution >= 4 is 5.97 Å². The minimum atomic E-state index is -0.890. The first kappa shape index (κ1) is 12.5. The topological polar surface area (TPSA) is 66.6 Å². The summed E-state index contributed by atoms with van der Waals surface area (Å²) in [5.41, 5.74) is 5.46. The van der Waals surface area contributed by atoms with Crippen LogP contribution in [0.2, 0.25) is 0 Å². The molecular weight excluding hydrogens is 192 g/mol. The number of rotatable bonds is 5. The zero-order chi connectivity index (χ0) is 11.3. The molecule has 4 nitrogen and oxygen atoms in total. The first-order chi connectivity index (χ1) is 7.13. The summed E-state index contributed by atoms with van der Waals surface area (Å²) in [5.74, 6) is -0.0205. The molecule has 0 saturated carbocycles. The summed E-state index contributed by atoms with van der Waals surface area (Å²) in [5, 5.41) is 8.65. The molecule has 1 rings (SSSR count). The van der Waals surface area contributed by atoms with Gasteiger partial charge in [0.2, 0.25) is 0 Å². The molecular formula is C11H22N2O2. The van der Waals surface area contributed by atoms with E-state index < -0.39 is 12.0 Å². The van der Waals surface area contributed by atoms with E-state index in [1.807, 2.05) is 0 Å². The smallest absolute Gasteiger partial charge is 0.320 e. The van der Waals surface area contributed by atoms with E-state index in [1.54, 1.807) is 0 Å². The molecule has 0 aromatic rings. The van der Waals surface area contributed by atoms with Crippen LogP contribution < -0.4 is 5.73 Å². The lowest BCUT2D eigenvalue weighted by atomic mass is 9.94. The number of aliphatic carboxylic acids is 1. The summed E-state index contributed by atoms with van der Waals surface area (Å²) in [6, 6.07) is -0.700. The van der Waals surface area contributed by atoms with Gasteiger partial charge in [-0.3, -0.25) is 4.79 Å². The second-order valence-corrected chi connectivity index (χ2v) is 4.43. The minimum absolute atomic E-state index is 0.562. The average Bonchev–Trinajstić information content (AvgIpc) is 2.26. The van der Waals surface area contributed by atoms with E-state index in [-0.39, 0.29) is 0 Å². The van der Waals surface area contributed by atoms with Crippen molar-refractivity contribution in [3.8, 4) is 0 Å². The lowest BCUT2D eigenvalue weighted by molar-refractivity contribution is -0.138. The Bertz CT molecular complexity index is 201. The zero-order valence-electron chi connectivity index (χ0n) is 9.48. The Morgan fingerprint density at radius 3 is 2.60 bits per heavy atom. The second-order valence-electron chi connectivity index (χ2n) is 4.43. The van der Waals surface area contributed by atoms with Crippen LogP contribution in [0.4, 0.5) is 0 Å². The van der Waals surface area contributed by atoms with Gasteiger partial charge in [-0.25, -0.2) is 0 Å². The van der Waals surface area contributed by atoms with Crippen LogP contribution in [0.15, 0.2) is 0 Å². The van der Waals surface area contributed by atoms with Crippen LogP contribution in [0.1, 0.15) is 32.6 Å². The Balaban J connectivity index is 2.16. The molecule has 0 bridgehead atoms. The van der Waals surface area contributed by atoms with Crippen LogP contribution in [0, 0.1) is 5.92 Å². The molecule has 0 spiro atoms. The van der Waals surface area contributed by atoms with E-state index >= 15 is 0 Å². The Labute approximate surface area is 91.4 Å². The highest BCUT2D eigenvalue weighted by Crippen LogP contribution is 2.19. The molecule has 0 aromatic heterocycles. The number of hydrogen-bond donors (Lipinski definition) is 2. The molecule has 1 fully saturated rings. The van der Waals surface area contributed by atoms with Crippen molar-refractivity contribution < 1.29 is 9.90 Å². The van der Waals surface area contributed by atoms with Gasteiger partial charge in [0, 0.05) is 6.54 Å². The molecule has 1 unspecified atom stereocenters. The van der Waals surface area contributed by atoms with E-state index in [1.165, 1.54) is 19.3 Å². The fourth-order valence-electron chi connectivity index (χ4n) is 2.06. The lowest BCUT2D eigenvalue weighted by Crippen LogP contribution is -2.39. The van der Waals surface area contributed by atoms with E-state index in [9.17, 15) is 4.79 Å². The van der Waals surface area contributed by atoms with Gasteiger partial charge in [0.05, 0.1) is 0 Å². The summed E-state index contributed by atoms with van der Waals surface area (Å²) in [7, 11) is 0. The first-order valence-electron chi connectivity index (χ1n) is 5.84.